The number of hydrogen-bond donors (Lipinski definition) is 1. The van der Waals surface area contributed by atoms with E-state index in [0.29, 0.717) is 15.8 Å². The molecule has 0 saturated carbocycles. The van der Waals surface area contributed by atoms with Gasteiger partial charge in [0.15, 0.2) is 0 Å². The fourth-order valence-corrected chi connectivity index (χ4v) is 2.87. The number of nitrogens with zero attached hydrogens (tertiary/aromatic N) is 1. The molecule has 19 heavy (non-hydrogen) atoms. The molecule has 0 fully saturated rings. The summed E-state index contributed by atoms with van der Waals surface area (Å²) in [5, 5.41) is 9.58. The van der Waals surface area contributed by atoms with Crippen LogP contribution in [0.1, 0.15) is 22.2 Å². The van der Waals surface area contributed by atoms with Crippen LogP contribution >= 0.6 is 22.9 Å². The molecule has 0 atom stereocenters. The summed E-state index contributed by atoms with van der Waals surface area (Å²) < 4.78 is 0.590. The number of carbonyl (C=O) groups excluding carboxylic acids is 1. The van der Waals surface area contributed by atoms with Gasteiger partial charge in [-0.2, -0.15) is 0 Å². The number of halogens is 1. The van der Waals surface area contributed by atoms with Crippen molar-refractivity contribution in [2.24, 2.45) is 0 Å². The SMILES string of the molecule is CCN(C(=O)c1ccc(Cl)s1)c1cc(O)ccc1C. The number of thiophene rings is 1. The van der Waals surface area contributed by atoms with Gasteiger partial charge in [0.25, 0.3) is 5.91 Å². The standard InChI is InChI=1S/C14H14ClNO2S/c1-3-16(11-8-10(17)5-4-9(11)2)14(18)12-6-7-13(15)19-12/h4-8,17H,3H2,1-2H3. The highest BCUT2D eigenvalue weighted by Crippen LogP contribution is 2.29. The summed E-state index contributed by atoms with van der Waals surface area (Å²) in [6, 6.07) is 8.44. The van der Waals surface area contributed by atoms with Gasteiger partial charge in [-0.1, -0.05) is 17.7 Å². The second-order valence-electron chi connectivity index (χ2n) is 4.12. The van der Waals surface area contributed by atoms with Crippen LogP contribution in [-0.2, 0) is 0 Å². The first kappa shape index (κ1) is 13.9. The Bertz CT molecular complexity index is 609. The Morgan fingerprint density at radius 1 is 1.37 bits per heavy atom. The lowest BCUT2D eigenvalue weighted by molar-refractivity contribution is 0.0992. The van der Waals surface area contributed by atoms with Crippen molar-refractivity contribution in [3.8, 4) is 5.75 Å². The highest BCUT2D eigenvalue weighted by atomic mass is 35.5. The van der Waals surface area contributed by atoms with Crippen LogP contribution in [0.2, 0.25) is 4.34 Å². The zero-order valence-electron chi connectivity index (χ0n) is 10.7. The van der Waals surface area contributed by atoms with Crippen LogP contribution in [0.25, 0.3) is 0 Å². The Morgan fingerprint density at radius 2 is 2.11 bits per heavy atom. The van der Waals surface area contributed by atoms with E-state index in [9.17, 15) is 9.90 Å². The van der Waals surface area contributed by atoms with Gasteiger partial charge in [0.05, 0.1) is 14.9 Å². The Hall–Kier alpha value is -1.52. The summed E-state index contributed by atoms with van der Waals surface area (Å²) in [5.74, 6) is 0.0455. The highest BCUT2D eigenvalue weighted by Gasteiger charge is 2.19. The Morgan fingerprint density at radius 3 is 2.68 bits per heavy atom. The summed E-state index contributed by atoms with van der Waals surface area (Å²) in [4.78, 5) is 14.7. The molecule has 100 valence electrons. The number of aryl methyl sites for hydroxylation is 1. The number of phenolic OH excluding ortho intramolecular Hbond substituents is 1. The van der Waals surface area contributed by atoms with Crippen molar-refractivity contribution in [3.05, 3.63) is 45.1 Å². The first-order valence-electron chi connectivity index (χ1n) is 5.89. The number of aromatic hydroxyl groups is 1. The van der Waals surface area contributed by atoms with Crippen molar-refractivity contribution in [3.63, 3.8) is 0 Å². The predicted octanol–water partition coefficient (Wildman–Crippen LogP) is 4.08. The zero-order chi connectivity index (χ0) is 14.0. The molecule has 2 rings (SSSR count). The van der Waals surface area contributed by atoms with Crippen LogP contribution in [0.3, 0.4) is 0 Å². The van der Waals surface area contributed by atoms with E-state index in [-0.39, 0.29) is 11.7 Å². The van der Waals surface area contributed by atoms with Gasteiger partial charge in [0, 0.05) is 12.6 Å². The molecule has 2 aromatic rings. The van der Waals surface area contributed by atoms with Crippen LogP contribution < -0.4 is 4.90 Å². The predicted molar refractivity (Wildman–Crippen MR) is 79.5 cm³/mol. The highest BCUT2D eigenvalue weighted by molar-refractivity contribution is 7.18. The lowest BCUT2D eigenvalue weighted by Gasteiger charge is -2.22. The Kier molecular flexibility index (Phi) is 4.12. The second-order valence-corrected chi connectivity index (χ2v) is 5.84. The molecular formula is C14H14ClNO2S. The second kappa shape index (κ2) is 5.63. The molecule has 3 nitrogen and oxygen atoms in total. The molecule has 1 N–H and O–H groups in total. The lowest BCUT2D eigenvalue weighted by Crippen LogP contribution is -2.30. The number of rotatable bonds is 3. The van der Waals surface area contributed by atoms with Crippen LogP contribution in [-0.4, -0.2) is 17.6 Å². The number of benzene rings is 1. The molecule has 1 amide bonds. The van der Waals surface area contributed by atoms with Gasteiger partial charge in [-0.15, -0.1) is 11.3 Å². The minimum absolute atomic E-state index is 0.104. The van der Waals surface area contributed by atoms with E-state index in [1.807, 2.05) is 13.8 Å². The number of phenols is 1. The molecule has 1 aromatic carbocycles. The maximum atomic E-state index is 12.4. The van der Waals surface area contributed by atoms with Crippen molar-refractivity contribution in [1.29, 1.82) is 0 Å². The van der Waals surface area contributed by atoms with Crippen LogP contribution in [0.4, 0.5) is 5.69 Å². The third kappa shape index (κ3) is 2.91. The third-order valence-electron chi connectivity index (χ3n) is 2.83. The molecule has 5 heteroatoms. The maximum Gasteiger partial charge on any atom is 0.268 e. The Balaban J connectivity index is 2.39. The van der Waals surface area contributed by atoms with E-state index < -0.39 is 0 Å². The van der Waals surface area contributed by atoms with Crippen molar-refractivity contribution in [2.45, 2.75) is 13.8 Å². The molecule has 1 heterocycles. The van der Waals surface area contributed by atoms with Gasteiger partial charge in [-0.05, 0) is 37.6 Å². The zero-order valence-corrected chi connectivity index (χ0v) is 12.3. The number of carbonyl (C=O) groups is 1. The molecule has 0 aliphatic heterocycles. The smallest absolute Gasteiger partial charge is 0.268 e. The van der Waals surface area contributed by atoms with Crippen molar-refractivity contribution in [1.82, 2.24) is 0 Å². The number of hydrogen-bond acceptors (Lipinski definition) is 3. The maximum absolute atomic E-state index is 12.4. The van der Waals surface area contributed by atoms with Crippen LogP contribution in [0.5, 0.6) is 5.75 Å². The van der Waals surface area contributed by atoms with Gasteiger partial charge in [0.2, 0.25) is 0 Å². The van der Waals surface area contributed by atoms with E-state index in [2.05, 4.69) is 0 Å². The molecule has 0 aliphatic rings. The summed E-state index contributed by atoms with van der Waals surface area (Å²) in [6.45, 7) is 4.33. The normalized spacial score (nSPS) is 10.5. The number of amides is 1. The average Bonchev–Trinajstić information content (AvgIpc) is 2.81. The minimum Gasteiger partial charge on any atom is -0.508 e. The fraction of sp³-hybridized carbons (Fsp3) is 0.214. The van der Waals surface area contributed by atoms with Gasteiger partial charge >= 0.3 is 0 Å². The van der Waals surface area contributed by atoms with Crippen molar-refractivity contribution < 1.29 is 9.90 Å². The van der Waals surface area contributed by atoms with Gasteiger partial charge in [-0.25, -0.2) is 0 Å². The van der Waals surface area contributed by atoms with E-state index in [0.717, 1.165) is 11.3 Å². The first-order valence-corrected chi connectivity index (χ1v) is 7.09. The summed E-state index contributed by atoms with van der Waals surface area (Å²) in [7, 11) is 0. The van der Waals surface area contributed by atoms with Crippen molar-refractivity contribution in [2.75, 3.05) is 11.4 Å². The molecular weight excluding hydrogens is 282 g/mol. The van der Waals surface area contributed by atoms with Gasteiger partial charge in [0.1, 0.15) is 5.75 Å². The molecule has 0 spiro atoms. The van der Waals surface area contributed by atoms with Crippen molar-refractivity contribution >= 4 is 34.5 Å². The molecule has 0 radical (unpaired) electrons. The van der Waals surface area contributed by atoms with Gasteiger partial charge in [-0.3, -0.25) is 4.79 Å². The summed E-state index contributed by atoms with van der Waals surface area (Å²) >= 11 is 7.12. The molecule has 0 saturated heterocycles. The molecule has 0 unspecified atom stereocenters. The lowest BCUT2D eigenvalue weighted by atomic mass is 10.1. The molecule has 0 aliphatic carbocycles. The quantitative estimate of drug-likeness (QED) is 0.927. The fourth-order valence-electron chi connectivity index (χ4n) is 1.87. The summed E-state index contributed by atoms with van der Waals surface area (Å²) in [5.41, 5.74) is 1.66. The van der Waals surface area contributed by atoms with E-state index in [4.69, 9.17) is 11.6 Å². The molecule has 0 bridgehead atoms. The average molecular weight is 296 g/mol. The van der Waals surface area contributed by atoms with Crippen LogP contribution in [0.15, 0.2) is 30.3 Å². The minimum atomic E-state index is -0.104. The first-order chi connectivity index (χ1) is 9.02. The van der Waals surface area contributed by atoms with E-state index in [1.165, 1.54) is 11.3 Å². The van der Waals surface area contributed by atoms with E-state index in [1.54, 1.807) is 35.2 Å². The van der Waals surface area contributed by atoms with E-state index >= 15 is 0 Å². The van der Waals surface area contributed by atoms with Gasteiger partial charge < -0.3 is 10.0 Å². The monoisotopic (exact) mass is 295 g/mol. The Labute approximate surface area is 121 Å². The number of anilines is 1. The third-order valence-corrected chi connectivity index (χ3v) is 4.05. The summed E-state index contributed by atoms with van der Waals surface area (Å²) in [6.07, 6.45) is 0. The van der Waals surface area contributed by atoms with Crippen LogP contribution in [0, 0.1) is 6.92 Å². The topological polar surface area (TPSA) is 40.5 Å². The largest absolute Gasteiger partial charge is 0.508 e. The molecule has 1 aromatic heterocycles.